The van der Waals surface area contributed by atoms with Crippen LogP contribution in [0.4, 0.5) is 13.2 Å². The maximum Gasteiger partial charge on any atom is 0.416 e. The Hall–Kier alpha value is -1.76. The van der Waals surface area contributed by atoms with Gasteiger partial charge in [0.25, 0.3) is 0 Å². The quantitative estimate of drug-likeness (QED) is 0.861. The van der Waals surface area contributed by atoms with Gasteiger partial charge in [-0.05, 0) is 12.1 Å². The summed E-state index contributed by atoms with van der Waals surface area (Å²) in [5.74, 6) is 0.245. The number of aromatic nitrogens is 1. The zero-order valence-corrected chi connectivity index (χ0v) is 9.74. The van der Waals surface area contributed by atoms with E-state index in [9.17, 15) is 13.2 Å². The van der Waals surface area contributed by atoms with Gasteiger partial charge in [-0.15, -0.1) is 0 Å². The molecule has 98 valence electrons. The molecule has 1 aromatic heterocycles. The molecule has 1 N–H and O–H groups in total. The molecule has 0 unspecified atom stereocenters. The molecule has 0 aliphatic rings. The van der Waals surface area contributed by atoms with Gasteiger partial charge in [0.2, 0.25) is 0 Å². The van der Waals surface area contributed by atoms with Crippen LogP contribution in [-0.2, 0) is 12.6 Å². The summed E-state index contributed by atoms with van der Waals surface area (Å²) in [7, 11) is 5.59. The lowest BCUT2D eigenvalue weighted by molar-refractivity contribution is -0.137. The van der Waals surface area contributed by atoms with Crippen LogP contribution >= 0.6 is 0 Å². The minimum Gasteiger partial charge on any atom is -0.457 e. The molecule has 3 nitrogen and oxygen atoms in total. The first kappa shape index (κ1) is 13.7. The van der Waals surface area contributed by atoms with Gasteiger partial charge in [-0.1, -0.05) is 12.1 Å². The minimum atomic E-state index is -4.38. The fraction of sp³-hybridized carbons (Fsp3) is 0.250. The van der Waals surface area contributed by atoms with Crippen molar-refractivity contribution in [2.24, 2.45) is 0 Å². The van der Waals surface area contributed by atoms with E-state index >= 15 is 0 Å². The molecule has 0 fully saturated rings. The Morgan fingerprint density at radius 2 is 1.84 bits per heavy atom. The van der Waals surface area contributed by atoms with Crippen molar-refractivity contribution in [3.8, 4) is 11.3 Å². The Labute approximate surface area is 108 Å². The van der Waals surface area contributed by atoms with Crippen molar-refractivity contribution in [1.29, 1.82) is 0 Å². The van der Waals surface area contributed by atoms with Gasteiger partial charge in [-0.3, -0.25) is 0 Å². The highest BCUT2D eigenvalue weighted by molar-refractivity contribution is 6.33. The van der Waals surface area contributed by atoms with Crippen molar-refractivity contribution in [3.63, 3.8) is 0 Å². The van der Waals surface area contributed by atoms with Crippen LogP contribution in [0, 0.1) is 0 Å². The first-order valence-electron chi connectivity index (χ1n) is 5.45. The maximum absolute atomic E-state index is 12.4. The van der Waals surface area contributed by atoms with Crippen LogP contribution in [0.1, 0.15) is 11.5 Å². The van der Waals surface area contributed by atoms with Crippen molar-refractivity contribution < 1.29 is 22.7 Å². The standard InChI is InChI=1S/C12H9BF3NO2/c13-11-10(17-9(19-11)5-6-18)7-1-3-8(4-2-7)12(14,15)16/h1-4,18H,5-6H2. The predicted molar refractivity (Wildman–Crippen MR) is 63.1 cm³/mol. The van der Waals surface area contributed by atoms with Crippen molar-refractivity contribution in [1.82, 2.24) is 4.98 Å². The predicted octanol–water partition coefficient (Wildman–Crippen LogP) is 1.69. The van der Waals surface area contributed by atoms with E-state index in [0.29, 0.717) is 5.56 Å². The summed E-state index contributed by atoms with van der Waals surface area (Å²) < 4.78 is 42.3. The molecule has 2 rings (SSSR count). The molecule has 2 aromatic rings. The van der Waals surface area contributed by atoms with Crippen molar-refractivity contribution in [3.05, 3.63) is 35.7 Å². The van der Waals surface area contributed by atoms with Crippen molar-refractivity contribution >= 4 is 13.5 Å². The number of hydrogen-bond donors (Lipinski definition) is 1. The molecular weight excluding hydrogens is 258 g/mol. The largest absolute Gasteiger partial charge is 0.457 e. The number of nitrogens with zero attached hydrogens (tertiary/aromatic N) is 1. The van der Waals surface area contributed by atoms with E-state index < -0.39 is 11.7 Å². The number of hydrogen-bond acceptors (Lipinski definition) is 3. The lowest BCUT2D eigenvalue weighted by atomic mass is 9.98. The van der Waals surface area contributed by atoms with E-state index in [0.717, 1.165) is 12.1 Å². The number of alkyl halides is 3. The van der Waals surface area contributed by atoms with Gasteiger partial charge in [0, 0.05) is 12.0 Å². The normalized spacial score (nSPS) is 11.8. The second-order valence-electron chi connectivity index (χ2n) is 3.87. The van der Waals surface area contributed by atoms with Crippen LogP contribution in [0.25, 0.3) is 11.3 Å². The van der Waals surface area contributed by atoms with Gasteiger partial charge in [0.15, 0.2) is 13.7 Å². The van der Waals surface area contributed by atoms with E-state index in [4.69, 9.17) is 17.4 Å². The van der Waals surface area contributed by atoms with E-state index in [1.165, 1.54) is 12.1 Å². The molecule has 2 radical (unpaired) electrons. The summed E-state index contributed by atoms with van der Waals surface area (Å²) in [4.78, 5) is 4.03. The number of oxazole rings is 1. The van der Waals surface area contributed by atoms with Crippen molar-refractivity contribution in [2.75, 3.05) is 6.61 Å². The smallest absolute Gasteiger partial charge is 0.416 e. The molecule has 7 heteroatoms. The maximum atomic E-state index is 12.4. The molecule has 0 bridgehead atoms. The van der Waals surface area contributed by atoms with E-state index in [-0.39, 0.29) is 30.3 Å². The summed E-state index contributed by atoms with van der Waals surface area (Å²) in [6, 6.07) is 4.46. The molecule has 0 aliphatic carbocycles. The fourth-order valence-corrected chi connectivity index (χ4v) is 1.60. The number of aliphatic hydroxyl groups is 1. The van der Waals surface area contributed by atoms with Gasteiger partial charge in [-0.2, -0.15) is 13.2 Å². The summed E-state index contributed by atoms with van der Waals surface area (Å²) in [6.07, 6.45) is -4.18. The van der Waals surface area contributed by atoms with E-state index in [1.54, 1.807) is 0 Å². The van der Waals surface area contributed by atoms with Gasteiger partial charge in [-0.25, -0.2) is 4.98 Å². The Kier molecular flexibility index (Phi) is 3.66. The molecule has 0 amide bonds. The molecule has 0 saturated carbocycles. The second-order valence-corrected chi connectivity index (χ2v) is 3.87. The zero-order chi connectivity index (χ0) is 14.0. The SMILES string of the molecule is [B]c1oc(CCO)nc1-c1ccc(C(F)(F)F)cc1. The molecule has 1 aromatic carbocycles. The fourth-order valence-electron chi connectivity index (χ4n) is 1.60. The zero-order valence-electron chi connectivity index (χ0n) is 9.74. The van der Waals surface area contributed by atoms with E-state index in [1.807, 2.05) is 0 Å². The third kappa shape index (κ3) is 2.98. The average molecular weight is 267 g/mol. The van der Waals surface area contributed by atoms with Crippen LogP contribution in [0.5, 0.6) is 0 Å². The van der Waals surface area contributed by atoms with E-state index in [2.05, 4.69) is 4.98 Å². The third-order valence-electron chi connectivity index (χ3n) is 2.51. The Morgan fingerprint density at radius 1 is 1.21 bits per heavy atom. The molecule has 0 saturated heterocycles. The third-order valence-corrected chi connectivity index (χ3v) is 2.51. The topological polar surface area (TPSA) is 46.3 Å². The van der Waals surface area contributed by atoms with Crippen molar-refractivity contribution in [2.45, 2.75) is 12.6 Å². The molecule has 19 heavy (non-hydrogen) atoms. The van der Waals surface area contributed by atoms with Crippen LogP contribution in [0.15, 0.2) is 28.7 Å². The molecule has 1 heterocycles. The second kappa shape index (κ2) is 5.09. The van der Waals surface area contributed by atoms with Gasteiger partial charge < -0.3 is 9.52 Å². The monoisotopic (exact) mass is 267 g/mol. The molecule has 0 atom stereocenters. The summed E-state index contributed by atoms with van der Waals surface area (Å²) in [5, 5.41) is 8.75. The molecule has 0 aliphatic heterocycles. The lowest BCUT2D eigenvalue weighted by Crippen LogP contribution is -2.05. The summed E-state index contributed by atoms with van der Waals surface area (Å²) in [5.41, 5.74) is -0.0206. The highest BCUT2D eigenvalue weighted by Crippen LogP contribution is 2.30. The van der Waals surface area contributed by atoms with Crippen LogP contribution in [0.2, 0.25) is 0 Å². The van der Waals surface area contributed by atoms with Crippen LogP contribution < -0.4 is 5.66 Å². The van der Waals surface area contributed by atoms with Gasteiger partial charge >= 0.3 is 6.18 Å². The first-order chi connectivity index (χ1) is 8.91. The number of halogens is 3. The lowest BCUT2D eigenvalue weighted by Gasteiger charge is -2.06. The van der Waals surface area contributed by atoms with Gasteiger partial charge in [0.1, 0.15) is 5.69 Å². The highest BCUT2D eigenvalue weighted by Gasteiger charge is 2.30. The van der Waals surface area contributed by atoms with Gasteiger partial charge in [0.05, 0.1) is 17.8 Å². The van der Waals surface area contributed by atoms with Crippen LogP contribution in [0.3, 0.4) is 0 Å². The number of benzene rings is 1. The first-order valence-corrected chi connectivity index (χ1v) is 5.45. The minimum absolute atomic E-state index is 0.0169. The summed E-state index contributed by atoms with van der Waals surface area (Å²) in [6.45, 7) is -0.146. The highest BCUT2D eigenvalue weighted by atomic mass is 19.4. The molecular formula is C12H9BF3NO2. The van der Waals surface area contributed by atoms with Crippen LogP contribution in [-0.4, -0.2) is 24.5 Å². The number of rotatable bonds is 3. The number of aliphatic hydroxyl groups excluding tert-OH is 1. The Morgan fingerprint density at radius 3 is 2.37 bits per heavy atom. The molecule has 0 spiro atoms. The summed E-state index contributed by atoms with van der Waals surface area (Å²) >= 11 is 0. The Bertz CT molecular complexity index is 563. The Balaban J connectivity index is 2.32. The average Bonchev–Trinajstić information content (AvgIpc) is 2.70.